The Balaban J connectivity index is 3.22. The third-order valence-electron chi connectivity index (χ3n) is 1.13. The van der Waals surface area contributed by atoms with Crippen LogP contribution >= 0.6 is 11.8 Å². The van der Waals surface area contributed by atoms with E-state index >= 15 is 0 Å². The van der Waals surface area contributed by atoms with Crippen molar-refractivity contribution in [2.45, 2.75) is 13.8 Å². The smallest absolute Gasteiger partial charge is 0.222 e. The van der Waals surface area contributed by atoms with E-state index in [4.69, 9.17) is 0 Å². The van der Waals surface area contributed by atoms with Gasteiger partial charge in [-0.25, -0.2) is 0 Å². The van der Waals surface area contributed by atoms with Crippen LogP contribution in [-0.4, -0.2) is 24.5 Å². The van der Waals surface area contributed by atoms with Crippen molar-refractivity contribution < 1.29 is 4.79 Å². The van der Waals surface area contributed by atoms with Crippen LogP contribution in [0.25, 0.3) is 0 Å². The van der Waals surface area contributed by atoms with Crippen molar-refractivity contribution in [2.75, 3.05) is 18.6 Å². The van der Waals surface area contributed by atoms with Gasteiger partial charge in [0.2, 0.25) is 5.91 Å². The quantitative estimate of drug-likeness (QED) is 0.626. The lowest BCUT2D eigenvalue weighted by molar-refractivity contribution is -0.123. The average molecular weight is 161 g/mol. The topological polar surface area (TPSA) is 29.1 Å². The normalized spacial score (nSPS) is 10.0. The van der Waals surface area contributed by atoms with Gasteiger partial charge in [-0.2, -0.15) is 11.8 Å². The maximum atomic E-state index is 10.9. The van der Waals surface area contributed by atoms with Gasteiger partial charge in [-0.3, -0.25) is 4.79 Å². The van der Waals surface area contributed by atoms with E-state index in [2.05, 4.69) is 5.32 Å². The molecule has 1 amide bonds. The van der Waals surface area contributed by atoms with E-state index in [0.29, 0.717) is 0 Å². The zero-order valence-electron chi connectivity index (χ0n) is 6.81. The Bertz CT molecular complexity index is 104. The second-order valence-corrected chi connectivity index (χ2v) is 3.42. The van der Waals surface area contributed by atoms with Crippen molar-refractivity contribution in [3.8, 4) is 0 Å². The van der Waals surface area contributed by atoms with Crippen molar-refractivity contribution in [2.24, 2.45) is 5.92 Å². The van der Waals surface area contributed by atoms with Gasteiger partial charge in [0.05, 0.1) is 0 Å². The van der Waals surface area contributed by atoms with Gasteiger partial charge in [0, 0.05) is 18.2 Å². The highest BCUT2D eigenvalue weighted by molar-refractivity contribution is 7.98. The lowest BCUT2D eigenvalue weighted by atomic mass is 10.2. The number of carbonyl (C=O) groups excluding carboxylic acids is 1. The molecule has 0 saturated carbocycles. The number of hydrogen-bond acceptors (Lipinski definition) is 2. The Kier molecular flexibility index (Phi) is 5.49. The first-order valence-electron chi connectivity index (χ1n) is 3.45. The van der Waals surface area contributed by atoms with Crippen molar-refractivity contribution >= 4 is 17.7 Å². The highest BCUT2D eigenvalue weighted by atomic mass is 32.2. The fourth-order valence-electron chi connectivity index (χ4n) is 0.480. The predicted molar refractivity (Wildman–Crippen MR) is 46.2 cm³/mol. The van der Waals surface area contributed by atoms with Gasteiger partial charge in [0.25, 0.3) is 0 Å². The zero-order valence-corrected chi connectivity index (χ0v) is 7.62. The highest BCUT2D eigenvalue weighted by Gasteiger charge is 2.03. The third-order valence-corrected chi connectivity index (χ3v) is 1.74. The molecule has 0 aromatic heterocycles. The van der Waals surface area contributed by atoms with E-state index in [1.54, 1.807) is 11.8 Å². The molecule has 0 fully saturated rings. The van der Waals surface area contributed by atoms with Crippen LogP contribution in [0, 0.1) is 5.92 Å². The molecule has 0 aromatic rings. The number of rotatable bonds is 4. The molecule has 0 unspecified atom stereocenters. The molecule has 1 N–H and O–H groups in total. The molecule has 60 valence electrons. The van der Waals surface area contributed by atoms with Crippen LogP contribution in [0.2, 0.25) is 0 Å². The minimum absolute atomic E-state index is 0.113. The summed E-state index contributed by atoms with van der Waals surface area (Å²) >= 11 is 1.74. The molecule has 0 aliphatic rings. The van der Waals surface area contributed by atoms with Gasteiger partial charge in [-0.05, 0) is 6.26 Å². The lowest BCUT2D eigenvalue weighted by Crippen LogP contribution is -2.29. The van der Waals surface area contributed by atoms with Gasteiger partial charge >= 0.3 is 0 Å². The molecule has 0 heterocycles. The molecular formula is C7H15NOS. The molecule has 0 spiro atoms. The van der Waals surface area contributed by atoms with Crippen LogP contribution < -0.4 is 5.32 Å². The van der Waals surface area contributed by atoms with Gasteiger partial charge in [-0.15, -0.1) is 0 Å². The monoisotopic (exact) mass is 161 g/mol. The molecule has 3 heteroatoms. The van der Waals surface area contributed by atoms with E-state index in [1.165, 1.54) is 0 Å². The Morgan fingerprint density at radius 1 is 1.60 bits per heavy atom. The van der Waals surface area contributed by atoms with Crippen LogP contribution in [0.1, 0.15) is 13.8 Å². The standard InChI is InChI=1S/C7H15NOS/c1-6(2)7(9)8-4-5-10-3/h6H,4-5H2,1-3H3,(H,8,9). The van der Waals surface area contributed by atoms with Gasteiger partial charge in [0.15, 0.2) is 0 Å². The van der Waals surface area contributed by atoms with E-state index in [9.17, 15) is 4.79 Å². The first kappa shape index (κ1) is 9.82. The van der Waals surface area contributed by atoms with Crippen LogP contribution in [-0.2, 0) is 4.79 Å². The minimum atomic E-state index is 0.113. The summed E-state index contributed by atoms with van der Waals surface area (Å²) in [5, 5.41) is 2.82. The van der Waals surface area contributed by atoms with Gasteiger partial charge in [0.1, 0.15) is 0 Å². The van der Waals surface area contributed by atoms with Gasteiger partial charge < -0.3 is 5.32 Å². The van der Waals surface area contributed by atoms with E-state index in [-0.39, 0.29) is 11.8 Å². The second-order valence-electron chi connectivity index (χ2n) is 2.44. The average Bonchev–Trinajstić information content (AvgIpc) is 1.88. The number of amides is 1. The summed E-state index contributed by atoms with van der Waals surface area (Å²) in [5.41, 5.74) is 0. The Hall–Kier alpha value is -0.180. The van der Waals surface area contributed by atoms with Crippen molar-refractivity contribution in [1.29, 1.82) is 0 Å². The van der Waals surface area contributed by atoms with Crippen LogP contribution in [0.5, 0.6) is 0 Å². The molecule has 0 rings (SSSR count). The summed E-state index contributed by atoms with van der Waals surface area (Å²) in [5.74, 6) is 1.26. The van der Waals surface area contributed by atoms with Crippen LogP contribution in [0.15, 0.2) is 0 Å². The minimum Gasteiger partial charge on any atom is -0.355 e. The summed E-state index contributed by atoms with van der Waals surface area (Å²) in [6.07, 6.45) is 2.03. The predicted octanol–water partition coefficient (Wildman–Crippen LogP) is 1.12. The van der Waals surface area contributed by atoms with E-state index in [0.717, 1.165) is 12.3 Å². The summed E-state index contributed by atoms with van der Waals surface area (Å²) in [6, 6.07) is 0. The fraction of sp³-hybridized carbons (Fsp3) is 0.857. The summed E-state index contributed by atoms with van der Waals surface area (Å²) < 4.78 is 0. The SMILES string of the molecule is CSCCNC(=O)C(C)C. The fourth-order valence-corrected chi connectivity index (χ4v) is 0.787. The molecule has 0 aliphatic heterocycles. The maximum Gasteiger partial charge on any atom is 0.222 e. The maximum absolute atomic E-state index is 10.9. The van der Waals surface area contributed by atoms with E-state index in [1.807, 2.05) is 20.1 Å². The molecule has 10 heavy (non-hydrogen) atoms. The first-order chi connectivity index (χ1) is 4.68. The number of nitrogens with one attached hydrogen (secondary N) is 1. The zero-order chi connectivity index (χ0) is 7.98. The second kappa shape index (κ2) is 5.59. The van der Waals surface area contributed by atoms with E-state index < -0.39 is 0 Å². The van der Waals surface area contributed by atoms with Crippen molar-refractivity contribution in [3.63, 3.8) is 0 Å². The number of hydrogen-bond donors (Lipinski definition) is 1. The Morgan fingerprint density at radius 2 is 2.20 bits per heavy atom. The number of carbonyl (C=O) groups is 1. The van der Waals surface area contributed by atoms with Crippen LogP contribution in [0.3, 0.4) is 0 Å². The Morgan fingerprint density at radius 3 is 2.60 bits per heavy atom. The molecule has 0 aromatic carbocycles. The lowest BCUT2D eigenvalue weighted by Gasteiger charge is -2.05. The molecule has 0 bridgehead atoms. The van der Waals surface area contributed by atoms with Crippen molar-refractivity contribution in [3.05, 3.63) is 0 Å². The summed E-state index contributed by atoms with van der Waals surface area (Å²) in [4.78, 5) is 10.9. The van der Waals surface area contributed by atoms with Crippen molar-refractivity contribution in [1.82, 2.24) is 5.32 Å². The molecule has 0 atom stereocenters. The highest BCUT2D eigenvalue weighted by Crippen LogP contribution is 1.91. The molecule has 0 aliphatic carbocycles. The first-order valence-corrected chi connectivity index (χ1v) is 4.84. The summed E-state index contributed by atoms with van der Waals surface area (Å²) in [6.45, 7) is 4.58. The molecule has 2 nitrogen and oxygen atoms in total. The molecule has 0 saturated heterocycles. The van der Waals surface area contributed by atoms with Crippen LogP contribution in [0.4, 0.5) is 0 Å². The Labute approximate surface area is 66.8 Å². The summed E-state index contributed by atoms with van der Waals surface area (Å²) in [7, 11) is 0. The molecular weight excluding hydrogens is 146 g/mol. The number of thioether (sulfide) groups is 1. The molecule has 0 radical (unpaired) electrons. The largest absolute Gasteiger partial charge is 0.355 e. The van der Waals surface area contributed by atoms with Gasteiger partial charge in [-0.1, -0.05) is 13.8 Å². The third kappa shape index (κ3) is 4.68.